The number of benzene rings is 1. The van der Waals surface area contributed by atoms with Gasteiger partial charge in [-0.2, -0.15) is 0 Å². The highest BCUT2D eigenvalue weighted by Gasteiger charge is 2.18. The summed E-state index contributed by atoms with van der Waals surface area (Å²) in [6.45, 7) is 4.97. The van der Waals surface area contributed by atoms with E-state index < -0.39 is 0 Å². The largest absolute Gasteiger partial charge is 0.409 e. The molecule has 19 heavy (non-hydrogen) atoms. The van der Waals surface area contributed by atoms with Crippen LogP contribution in [0.3, 0.4) is 0 Å². The van der Waals surface area contributed by atoms with Crippen molar-refractivity contribution in [2.45, 2.75) is 26.3 Å². The van der Waals surface area contributed by atoms with Crippen LogP contribution in [0.4, 0.5) is 5.69 Å². The van der Waals surface area contributed by atoms with Gasteiger partial charge in [0.2, 0.25) is 0 Å². The summed E-state index contributed by atoms with van der Waals surface area (Å²) in [6.07, 6.45) is 0.667. The van der Waals surface area contributed by atoms with Crippen molar-refractivity contribution in [1.29, 1.82) is 0 Å². The summed E-state index contributed by atoms with van der Waals surface area (Å²) in [6, 6.07) is 5.92. The van der Waals surface area contributed by atoms with Crippen molar-refractivity contribution in [3.63, 3.8) is 0 Å². The number of anilines is 1. The molecule has 0 spiro atoms. The first-order valence-corrected chi connectivity index (χ1v) is 6.96. The summed E-state index contributed by atoms with van der Waals surface area (Å²) in [7, 11) is 0. The maximum Gasteiger partial charge on any atom is 0.173 e. The Balaban J connectivity index is 3.26. The average Bonchev–Trinajstić information content (AvgIpc) is 2.38. The van der Waals surface area contributed by atoms with E-state index in [4.69, 9.17) is 16.0 Å². The van der Waals surface area contributed by atoms with E-state index in [9.17, 15) is 0 Å². The lowest BCUT2D eigenvalue weighted by atomic mass is 10.1. The molecule has 0 aromatic heterocycles. The van der Waals surface area contributed by atoms with Crippen LogP contribution in [0.2, 0.25) is 0 Å². The highest BCUT2D eigenvalue weighted by atomic mass is 79.9. The topological polar surface area (TPSA) is 82.1 Å². The second kappa shape index (κ2) is 7.35. The summed E-state index contributed by atoms with van der Waals surface area (Å²) < 4.78 is 0.773. The molecule has 0 atom stereocenters. The number of hydrogen-bond acceptors (Lipinski definition) is 4. The van der Waals surface area contributed by atoms with Gasteiger partial charge in [0.25, 0.3) is 0 Å². The van der Waals surface area contributed by atoms with Gasteiger partial charge in [-0.3, -0.25) is 0 Å². The van der Waals surface area contributed by atoms with E-state index in [1.807, 2.05) is 18.2 Å². The predicted octanol–water partition coefficient (Wildman–Crippen LogP) is 2.14. The maximum atomic E-state index is 9.00. The second-order valence-corrected chi connectivity index (χ2v) is 5.34. The number of amidine groups is 1. The van der Waals surface area contributed by atoms with Crippen molar-refractivity contribution in [3.8, 4) is 0 Å². The van der Waals surface area contributed by atoms with Crippen LogP contribution in [0.1, 0.15) is 25.8 Å². The van der Waals surface area contributed by atoms with E-state index in [0.29, 0.717) is 18.5 Å². The Labute approximate surface area is 121 Å². The van der Waals surface area contributed by atoms with Crippen LogP contribution < -0.4 is 10.6 Å². The fourth-order valence-electron chi connectivity index (χ4n) is 1.95. The molecule has 1 aromatic carbocycles. The molecule has 0 heterocycles. The zero-order valence-electron chi connectivity index (χ0n) is 11.2. The Morgan fingerprint density at radius 2 is 2.16 bits per heavy atom. The van der Waals surface area contributed by atoms with Crippen LogP contribution in [0.25, 0.3) is 0 Å². The first-order valence-electron chi connectivity index (χ1n) is 6.16. The number of nitrogens with two attached hydrogens (primary N) is 1. The van der Waals surface area contributed by atoms with E-state index in [-0.39, 0.29) is 18.5 Å². The van der Waals surface area contributed by atoms with Crippen molar-refractivity contribution in [1.82, 2.24) is 0 Å². The van der Waals surface area contributed by atoms with Gasteiger partial charge >= 0.3 is 0 Å². The minimum Gasteiger partial charge on any atom is -0.409 e. The second-order valence-electron chi connectivity index (χ2n) is 4.48. The normalized spacial score (nSPS) is 11.9. The molecule has 4 N–H and O–H groups in total. The van der Waals surface area contributed by atoms with Gasteiger partial charge in [0, 0.05) is 29.4 Å². The average molecular weight is 330 g/mol. The van der Waals surface area contributed by atoms with E-state index >= 15 is 0 Å². The summed E-state index contributed by atoms with van der Waals surface area (Å²) in [5.41, 5.74) is 7.30. The fourth-order valence-corrected chi connectivity index (χ4v) is 2.51. The summed E-state index contributed by atoms with van der Waals surface area (Å²) in [5.74, 6) is 0.0668. The van der Waals surface area contributed by atoms with Gasteiger partial charge in [-0.05, 0) is 48.3 Å². The number of oxime groups is 1. The quantitative estimate of drug-likeness (QED) is 0.323. The molecule has 0 saturated carbocycles. The standard InChI is InChI=1S/C13H20BrN3O2/c1-9(2)17(7-4-8-18)11-6-3-5-10(14)12(11)13(15)16-19/h3,5-6,9,18-19H,4,7-8H2,1-2H3,(H2,15,16). The number of halogens is 1. The Kier molecular flexibility index (Phi) is 6.11. The summed E-state index contributed by atoms with van der Waals surface area (Å²) in [5, 5.41) is 21.0. The van der Waals surface area contributed by atoms with Gasteiger partial charge in [0.15, 0.2) is 5.84 Å². The summed E-state index contributed by atoms with van der Waals surface area (Å²) in [4.78, 5) is 2.12. The minimum atomic E-state index is 0.0668. The van der Waals surface area contributed by atoms with Crippen LogP contribution in [0.15, 0.2) is 27.8 Å². The monoisotopic (exact) mass is 329 g/mol. The van der Waals surface area contributed by atoms with Crippen LogP contribution in [-0.4, -0.2) is 35.3 Å². The van der Waals surface area contributed by atoms with Crippen LogP contribution in [0.5, 0.6) is 0 Å². The third-order valence-electron chi connectivity index (χ3n) is 2.85. The molecule has 0 saturated heterocycles. The zero-order chi connectivity index (χ0) is 14.4. The minimum absolute atomic E-state index is 0.0668. The number of aliphatic hydroxyl groups excluding tert-OH is 1. The lowest BCUT2D eigenvalue weighted by Gasteiger charge is -2.31. The van der Waals surface area contributed by atoms with Gasteiger partial charge in [0.1, 0.15) is 0 Å². The number of nitrogens with zero attached hydrogens (tertiary/aromatic N) is 2. The molecule has 6 heteroatoms. The smallest absolute Gasteiger partial charge is 0.173 e. The molecule has 0 unspecified atom stereocenters. The first-order chi connectivity index (χ1) is 9.02. The Morgan fingerprint density at radius 1 is 1.47 bits per heavy atom. The lowest BCUT2D eigenvalue weighted by Crippen LogP contribution is -2.34. The molecule has 0 aliphatic heterocycles. The van der Waals surface area contributed by atoms with Crippen LogP contribution >= 0.6 is 15.9 Å². The number of hydrogen-bond donors (Lipinski definition) is 3. The molecule has 5 nitrogen and oxygen atoms in total. The highest BCUT2D eigenvalue weighted by molar-refractivity contribution is 9.10. The first kappa shape index (κ1) is 15.8. The molecular weight excluding hydrogens is 310 g/mol. The van der Waals surface area contributed by atoms with E-state index in [1.54, 1.807) is 0 Å². The Morgan fingerprint density at radius 3 is 2.68 bits per heavy atom. The van der Waals surface area contributed by atoms with E-state index in [0.717, 1.165) is 10.2 Å². The zero-order valence-corrected chi connectivity index (χ0v) is 12.8. The van der Waals surface area contributed by atoms with E-state index in [2.05, 4.69) is 39.8 Å². The molecule has 0 aliphatic rings. The van der Waals surface area contributed by atoms with Crippen LogP contribution in [-0.2, 0) is 0 Å². The molecule has 0 fully saturated rings. The molecule has 1 aromatic rings. The van der Waals surface area contributed by atoms with Gasteiger partial charge < -0.3 is 20.9 Å². The van der Waals surface area contributed by atoms with Gasteiger partial charge in [-0.15, -0.1) is 0 Å². The number of aliphatic hydroxyl groups is 1. The third kappa shape index (κ3) is 3.84. The van der Waals surface area contributed by atoms with Crippen molar-refractivity contribution in [2.75, 3.05) is 18.1 Å². The van der Waals surface area contributed by atoms with Crippen molar-refractivity contribution >= 4 is 27.5 Å². The van der Waals surface area contributed by atoms with E-state index in [1.165, 1.54) is 0 Å². The van der Waals surface area contributed by atoms with Gasteiger partial charge in [-0.25, -0.2) is 0 Å². The number of rotatable bonds is 6. The van der Waals surface area contributed by atoms with Crippen LogP contribution in [0, 0.1) is 0 Å². The maximum absolute atomic E-state index is 9.00. The van der Waals surface area contributed by atoms with Gasteiger partial charge in [-0.1, -0.05) is 11.2 Å². The third-order valence-corrected chi connectivity index (χ3v) is 3.51. The predicted molar refractivity (Wildman–Crippen MR) is 80.8 cm³/mol. The van der Waals surface area contributed by atoms with Crippen molar-refractivity contribution in [2.24, 2.45) is 10.9 Å². The van der Waals surface area contributed by atoms with Gasteiger partial charge in [0.05, 0.1) is 5.56 Å². The van der Waals surface area contributed by atoms with Crippen molar-refractivity contribution < 1.29 is 10.3 Å². The molecule has 0 bridgehead atoms. The Bertz CT molecular complexity index is 450. The Hall–Kier alpha value is -1.27. The van der Waals surface area contributed by atoms with Crippen molar-refractivity contribution in [3.05, 3.63) is 28.2 Å². The fraction of sp³-hybridized carbons (Fsp3) is 0.462. The molecule has 106 valence electrons. The SMILES string of the molecule is CC(C)N(CCCO)c1cccc(Br)c1/C(N)=N/O. The molecule has 0 amide bonds. The molecule has 0 aliphatic carbocycles. The highest BCUT2D eigenvalue weighted by Crippen LogP contribution is 2.29. The summed E-state index contributed by atoms with van der Waals surface area (Å²) >= 11 is 3.43. The lowest BCUT2D eigenvalue weighted by molar-refractivity contribution is 0.288. The molecule has 0 radical (unpaired) electrons. The molecular formula is C13H20BrN3O2. The molecule has 1 rings (SSSR count).